The average Bonchev–Trinajstić information content (AvgIpc) is 3.27. The van der Waals surface area contributed by atoms with E-state index in [0.29, 0.717) is 25.0 Å². The van der Waals surface area contributed by atoms with Gasteiger partial charge in [0, 0.05) is 38.0 Å². The molecule has 2 fully saturated rings. The van der Waals surface area contributed by atoms with Gasteiger partial charge in [0.25, 0.3) is 0 Å². The Balaban J connectivity index is 1.66. The lowest BCUT2D eigenvalue weighted by Crippen LogP contribution is -2.29. The highest BCUT2D eigenvalue weighted by Crippen LogP contribution is 2.35. The number of aromatic nitrogens is 1. The Morgan fingerprint density at radius 1 is 1.17 bits per heavy atom. The minimum absolute atomic E-state index is 0.0311. The fourth-order valence-corrected chi connectivity index (χ4v) is 3.41. The van der Waals surface area contributed by atoms with E-state index >= 15 is 0 Å². The van der Waals surface area contributed by atoms with Gasteiger partial charge in [-0.3, -0.25) is 9.80 Å². The fourth-order valence-electron chi connectivity index (χ4n) is 3.41. The van der Waals surface area contributed by atoms with Crippen LogP contribution in [0.15, 0.2) is 24.4 Å². The van der Waals surface area contributed by atoms with Gasteiger partial charge < -0.3 is 14.7 Å². The molecule has 0 radical (unpaired) electrons. The van der Waals surface area contributed by atoms with Crippen molar-refractivity contribution in [1.82, 2.24) is 9.88 Å². The average molecular weight is 422 g/mol. The first-order chi connectivity index (χ1) is 14.3. The number of amides is 3. The molecule has 1 aromatic heterocycles. The van der Waals surface area contributed by atoms with E-state index in [9.17, 15) is 22.8 Å². The predicted molar refractivity (Wildman–Crippen MR) is 99.6 cm³/mol. The van der Waals surface area contributed by atoms with Crippen LogP contribution in [0.25, 0.3) is 11.1 Å². The number of anilines is 2. The molecule has 2 aliphatic rings. The number of likely N-dealkylation sites (N-methyl/N-ethyl adjacent to an activating group) is 1. The zero-order chi connectivity index (χ0) is 21.6. The molecule has 8 nitrogen and oxygen atoms in total. The van der Waals surface area contributed by atoms with Crippen LogP contribution in [0.1, 0.15) is 0 Å². The molecule has 2 saturated heterocycles. The van der Waals surface area contributed by atoms with Crippen molar-refractivity contribution in [3.63, 3.8) is 0 Å². The fraction of sp³-hybridized carbons (Fsp3) is 0.316. The van der Waals surface area contributed by atoms with Gasteiger partial charge in [-0.15, -0.1) is 0 Å². The number of aliphatic hydroxyl groups excluding tert-OH is 1. The van der Waals surface area contributed by atoms with Crippen LogP contribution >= 0.6 is 0 Å². The maximum Gasteiger partial charge on any atom is 0.414 e. The van der Waals surface area contributed by atoms with Gasteiger partial charge in [0.15, 0.2) is 11.6 Å². The van der Waals surface area contributed by atoms with Gasteiger partial charge in [-0.1, -0.05) is 0 Å². The molecule has 1 aromatic carbocycles. The molecule has 3 heterocycles. The molecule has 0 saturated carbocycles. The lowest BCUT2D eigenvalue weighted by molar-refractivity contribution is 0.0963. The number of carbonyl (C=O) groups is 2. The Bertz CT molecular complexity index is 1020. The summed E-state index contributed by atoms with van der Waals surface area (Å²) in [5.74, 6) is -3.71. The van der Waals surface area contributed by atoms with Crippen LogP contribution in [0.5, 0.6) is 0 Å². The molecule has 30 heavy (non-hydrogen) atoms. The van der Waals surface area contributed by atoms with Gasteiger partial charge in [-0.25, -0.2) is 27.7 Å². The lowest BCUT2D eigenvalue weighted by Gasteiger charge is -2.17. The number of aliphatic hydroxyl groups is 1. The maximum atomic E-state index is 14.7. The van der Waals surface area contributed by atoms with Crippen molar-refractivity contribution in [2.75, 3.05) is 43.1 Å². The summed E-state index contributed by atoms with van der Waals surface area (Å²) in [6.07, 6.45) is -0.773. The number of hydrogen-bond acceptors (Lipinski definition) is 5. The highest BCUT2D eigenvalue weighted by molar-refractivity contribution is 5.93. The third-order valence-electron chi connectivity index (χ3n) is 5.04. The summed E-state index contributed by atoms with van der Waals surface area (Å²) < 4.78 is 48.9. The number of pyridine rings is 1. The quantitative estimate of drug-likeness (QED) is 0.765. The third kappa shape index (κ3) is 3.20. The summed E-state index contributed by atoms with van der Waals surface area (Å²) in [6.45, 7) is 0.210. The Labute approximate surface area is 169 Å². The number of cyclic esters (lactones) is 1. The number of rotatable bonds is 4. The van der Waals surface area contributed by atoms with Crippen LogP contribution in [0, 0.1) is 17.5 Å². The summed E-state index contributed by atoms with van der Waals surface area (Å²) in [4.78, 5) is 31.6. The highest BCUT2D eigenvalue weighted by atomic mass is 19.2. The molecule has 1 atom stereocenters. The van der Waals surface area contributed by atoms with Crippen molar-refractivity contribution in [3.05, 3.63) is 41.8 Å². The summed E-state index contributed by atoms with van der Waals surface area (Å²) in [5.41, 5.74) is -1.30. The van der Waals surface area contributed by atoms with Crippen LogP contribution in [0.2, 0.25) is 0 Å². The molecule has 11 heteroatoms. The lowest BCUT2D eigenvalue weighted by atomic mass is 10.0. The SMILES string of the molecule is CN1CCN(c2ccc(-c3c(F)cc(N4C[C@H](CO)OC4=O)c(F)c3F)cn2)C1=O. The van der Waals surface area contributed by atoms with Gasteiger partial charge in [0.1, 0.15) is 17.7 Å². The van der Waals surface area contributed by atoms with Gasteiger partial charge in [0.2, 0.25) is 0 Å². The maximum absolute atomic E-state index is 14.7. The van der Waals surface area contributed by atoms with Crippen molar-refractivity contribution < 1.29 is 32.6 Å². The van der Waals surface area contributed by atoms with Crippen molar-refractivity contribution in [1.29, 1.82) is 0 Å². The minimum atomic E-state index is -1.49. The number of urea groups is 1. The van der Waals surface area contributed by atoms with Crippen molar-refractivity contribution >= 4 is 23.6 Å². The van der Waals surface area contributed by atoms with Gasteiger partial charge in [0.05, 0.1) is 24.4 Å². The van der Waals surface area contributed by atoms with Gasteiger partial charge in [-0.2, -0.15) is 0 Å². The topological polar surface area (TPSA) is 86.2 Å². The standard InChI is InChI=1S/C19H17F3N4O4/c1-24-4-5-25(18(24)28)14-3-2-10(7-23-14)15-12(20)6-13(16(21)17(15)22)26-8-11(9-27)30-19(26)29/h2-3,6-7,11,27H,4-5,8-9H2,1H3/t11-/m1/s1. The van der Waals surface area contributed by atoms with Gasteiger partial charge >= 0.3 is 12.1 Å². The van der Waals surface area contributed by atoms with E-state index in [1.807, 2.05) is 0 Å². The molecule has 0 aliphatic carbocycles. The molecular formula is C19H17F3N4O4. The molecule has 2 aromatic rings. The summed E-state index contributed by atoms with van der Waals surface area (Å²) in [5, 5.41) is 9.07. The Morgan fingerprint density at radius 3 is 2.50 bits per heavy atom. The molecule has 0 bridgehead atoms. The van der Waals surface area contributed by atoms with E-state index in [1.165, 1.54) is 21.9 Å². The highest BCUT2D eigenvalue weighted by Gasteiger charge is 2.35. The van der Waals surface area contributed by atoms with E-state index in [0.717, 1.165) is 11.1 Å². The largest absolute Gasteiger partial charge is 0.441 e. The Morgan fingerprint density at radius 2 is 1.93 bits per heavy atom. The zero-order valence-corrected chi connectivity index (χ0v) is 15.8. The molecule has 0 unspecified atom stereocenters. The molecule has 4 rings (SSSR count). The van der Waals surface area contributed by atoms with Crippen LogP contribution in [-0.2, 0) is 4.74 Å². The van der Waals surface area contributed by atoms with E-state index in [2.05, 4.69) is 4.98 Å². The third-order valence-corrected chi connectivity index (χ3v) is 5.04. The molecule has 0 spiro atoms. The van der Waals surface area contributed by atoms with E-state index in [-0.39, 0.29) is 18.1 Å². The number of halogens is 3. The zero-order valence-electron chi connectivity index (χ0n) is 15.8. The second kappa shape index (κ2) is 7.48. The second-order valence-corrected chi connectivity index (χ2v) is 6.94. The molecular weight excluding hydrogens is 405 g/mol. The van der Waals surface area contributed by atoms with Crippen molar-refractivity contribution in [3.8, 4) is 11.1 Å². The Hall–Kier alpha value is -3.34. The predicted octanol–water partition coefficient (Wildman–Crippen LogP) is 2.36. The Kier molecular flexibility index (Phi) is 4.98. The van der Waals surface area contributed by atoms with Crippen molar-refractivity contribution in [2.45, 2.75) is 6.10 Å². The molecule has 1 N–H and O–H groups in total. The van der Waals surface area contributed by atoms with E-state index in [1.54, 1.807) is 7.05 Å². The van der Waals surface area contributed by atoms with Gasteiger partial charge in [-0.05, 0) is 12.1 Å². The van der Waals surface area contributed by atoms with Crippen LogP contribution in [0.4, 0.5) is 34.3 Å². The van der Waals surface area contributed by atoms with Crippen LogP contribution < -0.4 is 9.80 Å². The number of ether oxygens (including phenoxy) is 1. The molecule has 3 amide bonds. The van der Waals surface area contributed by atoms with Crippen LogP contribution in [-0.4, -0.2) is 66.5 Å². The first-order valence-corrected chi connectivity index (χ1v) is 9.07. The number of carbonyl (C=O) groups excluding carboxylic acids is 2. The van der Waals surface area contributed by atoms with Crippen LogP contribution in [0.3, 0.4) is 0 Å². The first-order valence-electron chi connectivity index (χ1n) is 9.07. The smallest absolute Gasteiger partial charge is 0.414 e. The number of nitrogens with zero attached hydrogens (tertiary/aromatic N) is 4. The minimum Gasteiger partial charge on any atom is -0.441 e. The molecule has 2 aliphatic heterocycles. The summed E-state index contributed by atoms with van der Waals surface area (Å²) in [7, 11) is 1.64. The normalized spacial score (nSPS) is 19.1. The van der Waals surface area contributed by atoms with Crippen molar-refractivity contribution in [2.24, 2.45) is 0 Å². The monoisotopic (exact) mass is 422 g/mol. The van der Waals surface area contributed by atoms with E-state index in [4.69, 9.17) is 9.84 Å². The summed E-state index contributed by atoms with van der Waals surface area (Å²) >= 11 is 0. The molecule has 158 valence electrons. The summed E-state index contributed by atoms with van der Waals surface area (Å²) in [6, 6.07) is 3.20. The number of hydrogen-bond donors (Lipinski definition) is 1. The number of benzene rings is 1. The second-order valence-electron chi connectivity index (χ2n) is 6.94. The first kappa shape index (κ1) is 20.0. The van der Waals surface area contributed by atoms with E-state index < -0.39 is 47.5 Å².